The number of amides is 1. The van der Waals surface area contributed by atoms with Crippen LogP contribution in [0.2, 0.25) is 0 Å². The van der Waals surface area contributed by atoms with E-state index in [9.17, 15) is 13.2 Å². The van der Waals surface area contributed by atoms with Crippen LogP contribution >= 0.6 is 0 Å². The van der Waals surface area contributed by atoms with Gasteiger partial charge in [0.2, 0.25) is 15.9 Å². The fourth-order valence-electron chi connectivity index (χ4n) is 4.79. The second-order valence-corrected chi connectivity index (χ2v) is 10.8. The molecule has 1 N–H and O–H groups in total. The molecule has 1 fully saturated rings. The number of aromatic nitrogens is 2. The smallest absolute Gasteiger partial charge is 0.248 e. The molecular formula is C23H27N5O6S. The van der Waals surface area contributed by atoms with Gasteiger partial charge in [0.1, 0.15) is 28.7 Å². The summed E-state index contributed by atoms with van der Waals surface area (Å²) in [6, 6.07) is 5.23. The monoisotopic (exact) mass is 501 g/mol. The summed E-state index contributed by atoms with van der Waals surface area (Å²) >= 11 is 0. The fourth-order valence-corrected chi connectivity index (χ4v) is 6.54. The SMILES string of the molecule is Cc1noc(C)c1-c1ccc2c(c1)NC(=O)CN1CCN(S(=O)(=O)c3c(C)noc3C)C[C@@H]1CO2. The minimum absolute atomic E-state index is 0.102. The first-order chi connectivity index (χ1) is 16.6. The molecular weight excluding hydrogens is 474 g/mol. The molecule has 0 saturated carbocycles. The number of fused-ring (bicyclic) bond motifs is 2. The Morgan fingerprint density at radius 1 is 1.03 bits per heavy atom. The standard InChI is InChI=1S/C23H27N5O6S/c1-13-22(15(3)33-25-13)17-5-6-20-19(9-17)24-21(29)11-27-7-8-28(10-18(27)12-32-20)35(30,31)23-14(2)26-34-16(23)4/h5-6,9,18H,7-8,10-12H2,1-4H3,(H,24,29)/t18-/m1/s1. The fraction of sp³-hybridized carbons (Fsp3) is 0.435. The van der Waals surface area contributed by atoms with Gasteiger partial charge in [0.05, 0.1) is 24.0 Å². The number of carbonyl (C=O) groups excluding carboxylic acids is 1. The number of anilines is 1. The molecule has 2 aliphatic heterocycles. The van der Waals surface area contributed by atoms with Crippen LogP contribution < -0.4 is 10.1 Å². The maximum absolute atomic E-state index is 13.3. The van der Waals surface area contributed by atoms with Crippen LogP contribution in [0.25, 0.3) is 11.1 Å². The van der Waals surface area contributed by atoms with Gasteiger partial charge in [-0.15, -0.1) is 0 Å². The van der Waals surface area contributed by atoms with Crippen molar-refractivity contribution in [1.29, 1.82) is 0 Å². The van der Waals surface area contributed by atoms with Crippen LogP contribution in [0.4, 0.5) is 5.69 Å². The average Bonchev–Trinajstić information content (AvgIpc) is 3.34. The van der Waals surface area contributed by atoms with E-state index in [0.29, 0.717) is 29.4 Å². The first-order valence-electron chi connectivity index (χ1n) is 11.3. The van der Waals surface area contributed by atoms with Gasteiger partial charge in [-0.25, -0.2) is 8.42 Å². The van der Waals surface area contributed by atoms with Crippen molar-refractivity contribution in [3.8, 4) is 16.9 Å². The van der Waals surface area contributed by atoms with Gasteiger partial charge in [-0.3, -0.25) is 9.69 Å². The third-order valence-electron chi connectivity index (χ3n) is 6.49. The highest BCUT2D eigenvalue weighted by atomic mass is 32.2. The van der Waals surface area contributed by atoms with E-state index in [1.807, 2.05) is 30.9 Å². The van der Waals surface area contributed by atoms with Gasteiger partial charge in [0.15, 0.2) is 5.76 Å². The lowest BCUT2D eigenvalue weighted by Crippen LogP contribution is -2.57. The van der Waals surface area contributed by atoms with Crippen LogP contribution in [-0.2, 0) is 14.8 Å². The predicted octanol–water partition coefficient (Wildman–Crippen LogP) is 2.27. The number of rotatable bonds is 3. The van der Waals surface area contributed by atoms with Crippen molar-refractivity contribution in [3.05, 3.63) is 41.1 Å². The number of hydrogen-bond acceptors (Lipinski definition) is 9. The van der Waals surface area contributed by atoms with Crippen molar-refractivity contribution in [2.45, 2.75) is 38.6 Å². The van der Waals surface area contributed by atoms with Gasteiger partial charge in [0.25, 0.3) is 0 Å². The molecule has 11 nitrogen and oxygen atoms in total. The topological polar surface area (TPSA) is 131 Å². The van der Waals surface area contributed by atoms with Crippen molar-refractivity contribution >= 4 is 21.6 Å². The number of piperazine rings is 1. The molecule has 5 rings (SSSR count). The van der Waals surface area contributed by atoms with E-state index >= 15 is 0 Å². The van der Waals surface area contributed by atoms with Crippen molar-refractivity contribution in [1.82, 2.24) is 19.5 Å². The Kier molecular flexibility index (Phi) is 5.90. The van der Waals surface area contributed by atoms with Crippen LogP contribution in [0.1, 0.15) is 22.9 Å². The molecule has 1 amide bonds. The van der Waals surface area contributed by atoms with E-state index in [1.165, 1.54) is 4.31 Å². The Morgan fingerprint density at radius 2 is 1.77 bits per heavy atom. The van der Waals surface area contributed by atoms with Crippen LogP contribution in [0, 0.1) is 27.7 Å². The van der Waals surface area contributed by atoms with E-state index in [4.69, 9.17) is 13.8 Å². The normalized spacial score (nSPS) is 19.7. The molecule has 1 aromatic carbocycles. The number of carbonyl (C=O) groups is 1. The Hall–Kier alpha value is -3.22. The van der Waals surface area contributed by atoms with Crippen LogP contribution in [-0.4, -0.2) is 72.7 Å². The summed E-state index contributed by atoms with van der Waals surface area (Å²) < 4.78 is 44.6. The third kappa shape index (κ3) is 4.21. The van der Waals surface area contributed by atoms with Crippen molar-refractivity contribution < 1.29 is 27.0 Å². The molecule has 0 radical (unpaired) electrons. The highest BCUT2D eigenvalue weighted by Crippen LogP contribution is 2.35. The number of sulfonamides is 1. The van der Waals surface area contributed by atoms with Gasteiger partial charge in [-0.2, -0.15) is 4.31 Å². The van der Waals surface area contributed by atoms with E-state index in [1.54, 1.807) is 19.9 Å². The summed E-state index contributed by atoms with van der Waals surface area (Å²) in [4.78, 5) is 15.0. The molecule has 186 valence electrons. The van der Waals surface area contributed by atoms with E-state index in [2.05, 4.69) is 15.6 Å². The Balaban J connectivity index is 1.41. The molecule has 12 heteroatoms. The summed E-state index contributed by atoms with van der Waals surface area (Å²) in [7, 11) is -3.79. The van der Waals surface area contributed by atoms with Crippen LogP contribution in [0.15, 0.2) is 32.1 Å². The molecule has 0 aliphatic carbocycles. The number of aryl methyl sites for hydroxylation is 4. The lowest BCUT2D eigenvalue weighted by molar-refractivity contribution is -0.118. The quantitative estimate of drug-likeness (QED) is 0.574. The number of benzene rings is 1. The summed E-state index contributed by atoms with van der Waals surface area (Å²) in [6.07, 6.45) is 0. The predicted molar refractivity (Wildman–Crippen MR) is 126 cm³/mol. The molecule has 1 atom stereocenters. The molecule has 0 spiro atoms. The second kappa shape index (κ2) is 8.77. The zero-order chi connectivity index (χ0) is 24.9. The van der Waals surface area contributed by atoms with Gasteiger partial charge >= 0.3 is 0 Å². The molecule has 4 heterocycles. The summed E-state index contributed by atoms with van der Waals surface area (Å²) in [5.74, 6) is 1.27. The van der Waals surface area contributed by atoms with Gasteiger partial charge in [0, 0.05) is 25.2 Å². The van der Waals surface area contributed by atoms with Gasteiger partial charge in [-0.1, -0.05) is 16.4 Å². The average molecular weight is 502 g/mol. The minimum Gasteiger partial charge on any atom is -0.490 e. The lowest BCUT2D eigenvalue weighted by atomic mass is 10.0. The minimum atomic E-state index is -3.79. The number of hydrogen-bond donors (Lipinski definition) is 1. The molecule has 1 saturated heterocycles. The summed E-state index contributed by atoms with van der Waals surface area (Å²) in [6.45, 7) is 8.08. The maximum atomic E-state index is 13.3. The summed E-state index contributed by atoms with van der Waals surface area (Å²) in [5, 5.41) is 10.7. The van der Waals surface area contributed by atoms with Crippen LogP contribution in [0.5, 0.6) is 5.75 Å². The zero-order valence-electron chi connectivity index (χ0n) is 20.0. The van der Waals surface area contributed by atoms with E-state index in [0.717, 1.165) is 16.8 Å². The van der Waals surface area contributed by atoms with Crippen molar-refractivity contribution in [2.24, 2.45) is 0 Å². The molecule has 0 bridgehead atoms. The Bertz CT molecular complexity index is 1360. The number of ether oxygens (including phenoxy) is 1. The van der Waals surface area contributed by atoms with E-state index < -0.39 is 10.0 Å². The zero-order valence-corrected chi connectivity index (χ0v) is 20.8. The second-order valence-electron chi connectivity index (χ2n) is 8.91. The highest BCUT2D eigenvalue weighted by molar-refractivity contribution is 7.89. The van der Waals surface area contributed by atoms with Gasteiger partial charge in [-0.05, 0) is 45.4 Å². The molecule has 35 heavy (non-hydrogen) atoms. The largest absolute Gasteiger partial charge is 0.490 e. The third-order valence-corrected chi connectivity index (χ3v) is 8.60. The Morgan fingerprint density at radius 3 is 2.46 bits per heavy atom. The first-order valence-corrected chi connectivity index (χ1v) is 12.8. The number of nitrogens with one attached hydrogen (secondary N) is 1. The van der Waals surface area contributed by atoms with Gasteiger partial charge < -0.3 is 19.1 Å². The lowest BCUT2D eigenvalue weighted by Gasteiger charge is -2.39. The molecule has 3 aromatic rings. The molecule has 2 aliphatic rings. The summed E-state index contributed by atoms with van der Waals surface area (Å²) in [5.41, 5.74) is 3.37. The van der Waals surface area contributed by atoms with Crippen LogP contribution in [0.3, 0.4) is 0 Å². The molecule has 2 aromatic heterocycles. The maximum Gasteiger partial charge on any atom is 0.248 e. The molecule has 0 unspecified atom stereocenters. The number of nitrogens with zero attached hydrogens (tertiary/aromatic N) is 4. The van der Waals surface area contributed by atoms with Crippen molar-refractivity contribution in [3.63, 3.8) is 0 Å². The van der Waals surface area contributed by atoms with Crippen molar-refractivity contribution in [2.75, 3.05) is 38.1 Å². The Labute approximate surface area is 203 Å². The first kappa shape index (κ1) is 23.5. The highest BCUT2D eigenvalue weighted by Gasteiger charge is 2.38. The van der Waals surface area contributed by atoms with E-state index in [-0.39, 0.29) is 48.8 Å².